The minimum atomic E-state index is -4.02. The van der Waals surface area contributed by atoms with Gasteiger partial charge in [0.25, 0.3) is 10.1 Å². The van der Waals surface area contributed by atoms with E-state index in [1.165, 1.54) is 31.2 Å². The van der Waals surface area contributed by atoms with Crippen LogP contribution in [0.4, 0.5) is 4.39 Å². The molecule has 2 fully saturated rings. The number of aromatic nitrogens is 1. The summed E-state index contributed by atoms with van der Waals surface area (Å²) in [5, 5.41) is 3.30. The molecule has 0 atom stereocenters. The Morgan fingerprint density at radius 3 is 2.32 bits per heavy atom. The van der Waals surface area contributed by atoms with Crippen LogP contribution < -0.4 is 5.32 Å². The van der Waals surface area contributed by atoms with E-state index < -0.39 is 10.1 Å². The molecule has 1 aromatic heterocycles. The van der Waals surface area contributed by atoms with Crippen LogP contribution in [0.2, 0.25) is 0 Å². The number of rotatable bonds is 2. The lowest BCUT2D eigenvalue weighted by molar-refractivity contribution is 0.0360. The predicted molar refractivity (Wildman–Crippen MR) is 92.5 cm³/mol. The number of benzene rings is 1. The van der Waals surface area contributed by atoms with Gasteiger partial charge >= 0.3 is 0 Å². The zero-order valence-electron chi connectivity index (χ0n) is 13.9. The third kappa shape index (κ3) is 4.23. The molecular formula is C18H21FN2O3S. The maximum Gasteiger partial charge on any atom is 0.294 e. The monoisotopic (exact) mass is 364 g/mol. The molecular weight excluding hydrogens is 343 g/mol. The van der Waals surface area contributed by atoms with Crippen LogP contribution >= 0.6 is 0 Å². The number of hydrogen-bond donors (Lipinski definition) is 2. The van der Waals surface area contributed by atoms with Gasteiger partial charge in [0.1, 0.15) is 5.82 Å². The predicted octanol–water partition coefficient (Wildman–Crippen LogP) is 2.93. The maximum atomic E-state index is 12.9. The van der Waals surface area contributed by atoms with Crippen molar-refractivity contribution in [3.8, 4) is 0 Å². The molecule has 1 saturated carbocycles. The first-order valence-corrected chi connectivity index (χ1v) is 9.57. The molecule has 5 nitrogen and oxygen atoms in total. The van der Waals surface area contributed by atoms with Gasteiger partial charge in [0.2, 0.25) is 0 Å². The Kier molecular flexibility index (Phi) is 4.90. The van der Waals surface area contributed by atoms with Crippen molar-refractivity contribution in [1.82, 2.24) is 10.3 Å². The molecule has 1 aliphatic heterocycles. The van der Waals surface area contributed by atoms with Crippen LogP contribution in [0.3, 0.4) is 0 Å². The summed E-state index contributed by atoms with van der Waals surface area (Å²) in [4.78, 5) is 3.82. The quantitative estimate of drug-likeness (QED) is 0.801. The van der Waals surface area contributed by atoms with Gasteiger partial charge in [-0.3, -0.25) is 9.54 Å². The van der Waals surface area contributed by atoms with Crippen molar-refractivity contribution in [2.75, 3.05) is 13.1 Å². The second-order valence-electron chi connectivity index (χ2n) is 6.93. The number of aryl methyl sites for hydroxylation is 1. The summed E-state index contributed by atoms with van der Waals surface area (Å²) in [6, 6.07) is 7.61. The lowest BCUT2D eigenvalue weighted by Crippen LogP contribution is -2.59. The summed E-state index contributed by atoms with van der Waals surface area (Å²) in [6.07, 6.45) is 5.46. The molecule has 1 saturated heterocycles. The molecule has 0 unspecified atom stereocenters. The number of halogens is 1. The van der Waals surface area contributed by atoms with E-state index >= 15 is 0 Å². The third-order valence-electron chi connectivity index (χ3n) is 4.88. The second kappa shape index (κ2) is 6.82. The average molecular weight is 364 g/mol. The highest BCUT2D eigenvalue weighted by Crippen LogP contribution is 2.53. The molecule has 1 aromatic carbocycles. The molecule has 25 heavy (non-hydrogen) atoms. The smallest absolute Gasteiger partial charge is 0.294 e. The Bertz CT molecular complexity index is 841. The van der Waals surface area contributed by atoms with E-state index in [1.807, 2.05) is 6.92 Å². The van der Waals surface area contributed by atoms with E-state index in [2.05, 4.69) is 10.3 Å². The Morgan fingerprint density at radius 1 is 1.20 bits per heavy atom. The van der Waals surface area contributed by atoms with Gasteiger partial charge in [-0.05, 0) is 54.9 Å². The molecule has 2 aliphatic rings. The molecule has 2 aromatic rings. The first kappa shape index (κ1) is 18.0. The molecule has 0 bridgehead atoms. The van der Waals surface area contributed by atoms with Crippen molar-refractivity contribution < 1.29 is 17.4 Å². The van der Waals surface area contributed by atoms with E-state index in [0.717, 1.165) is 24.2 Å². The highest BCUT2D eigenvalue weighted by atomic mass is 32.2. The molecule has 0 amide bonds. The SMILES string of the molecule is Cc1ccc(S(=O)(=O)O)cc1.Fc1cncc(C2CC3(CNC3)C2)c1. The number of nitrogens with one attached hydrogen (secondary N) is 1. The number of nitrogens with zero attached hydrogens (tertiary/aromatic N) is 1. The molecule has 1 spiro atoms. The topological polar surface area (TPSA) is 79.3 Å². The second-order valence-corrected chi connectivity index (χ2v) is 8.35. The minimum Gasteiger partial charge on any atom is -0.316 e. The van der Waals surface area contributed by atoms with Gasteiger partial charge in [0.05, 0.1) is 11.1 Å². The lowest BCUT2D eigenvalue weighted by Gasteiger charge is -2.54. The first-order valence-electron chi connectivity index (χ1n) is 8.13. The normalized spacial score (nSPS) is 18.7. The maximum absolute atomic E-state index is 12.9. The fourth-order valence-corrected chi connectivity index (χ4v) is 3.83. The highest BCUT2D eigenvalue weighted by Gasteiger charge is 2.48. The summed E-state index contributed by atoms with van der Waals surface area (Å²) in [5.41, 5.74) is 2.58. The summed E-state index contributed by atoms with van der Waals surface area (Å²) < 4.78 is 42.5. The average Bonchev–Trinajstić information content (AvgIpc) is 2.44. The van der Waals surface area contributed by atoms with E-state index in [-0.39, 0.29) is 10.7 Å². The zero-order valence-corrected chi connectivity index (χ0v) is 14.8. The molecule has 2 heterocycles. The number of pyridine rings is 1. The Labute approximate surface area is 147 Å². The number of hydrogen-bond acceptors (Lipinski definition) is 4. The zero-order chi connectivity index (χ0) is 18.1. The standard InChI is InChI=1S/C11H13FN2.C7H8O3S/c12-10-1-8(4-13-5-10)9-2-11(3-9)6-14-7-11;1-6-2-4-7(5-3-6)11(8,9)10/h1,4-5,9,14H,2-3,6-7H2;2-5H,1H3,(H,8,9,10). The summed E-state index contributed by atoms with van der Waals surface area (Å²) in [5.74, 6) is 0.329. The van der Waals surface area contributed by atoms with E-state index in [1.54, 1.807) is 24.4 Å². The summed E-state index contributed by atoms with van der Waals surface area (Å²) in [6.45, 7) is 4.13. The lowest BCUT2D eigenvalue weighted by atomic mass is 9.57. The van der Waals surface area contributed by atoms with Gasteiger partial charge in [-0.15, -0.1) is 0 Å². The van der Waals surface area contributed by atoms with Gasteiger partial charge in [0.15, 0.2) is 0 Å². The largest absolute Gasteiger partial charge is 0.316 e. The first-order chi connectivity index (χ1) is 11.8. The summed E-state index contributed by atoms with van der Waals surface area (Å²) >= 11 is 0. The van der Waals surface area contributed by atoms with Crippen LogP contribution in [0.5, 0.6) is 0 Å². The molecule has 134 valence electrons. The fourth-order valence-electron chi connectivity index (χ4n) is 3.35. The van der Waals surface area contributed by atoms with E-state index in [4.69, 9.17) is 4.55 Å². The van der Waals surface area contributed by atoms with E-state index in [9.17, 15) is 12.8 Å². The Morgan fingerprint density at radius 2 is 1.84 bits per heavy atom. The van der Waals surface area contributed by atoms with E-state index in [0.29, 0.717) is 11.3 Å². The molecule has 2 N–H and O–H groups in total. The van der Waals surface area contributed by atoms with Crippen LogP contribution in [-0.2, 0) is 10.1 Å². The fraction of sp³-hybridized carbons (Fsp3) is 0.389. The van der Waals surface area contributed by atoms with Crippen LogP contribution in [0.25, 0.3) is 0 Å². The van der Waals surface area contributed by atoms with Gasteiger partial charge in [-0.2, -0.15) is 8.42 Å². The van der Waals surface area contributed by atoms with Crippen LogP contribution in [0.1, 0.15) is 29.9 Å². The van der Waals surface area contributed by atoms with Crippen molar-refractivity contribution in [1.29, 1.82) is 0 Å². The molecule has 1 aliphatic carbocycles. The highest BCUT2D eigenvalue weighted by molar-refractivity contribution is 7.85. The molecule has 7 heteroatoms. The Balaban J connectivity index is 0.000000151. The molecule has 4 rings (SSSR count). The van der Waals surface area contributed by atoms with Crippen LogP contribution in [0, 0.1) is 18.2 Å². The van der Waals surface area contributed by atoms with Crippen molar-refractivity contribution >= 4 is 10.1 Å². The van der Waals surface area contributed by atoms with Gasteiger partial charge in [0, 0.05) is 19.3 Å². The van der Waals surface area contributed by atoms with Crippen molar-refractivity contribution in [3.05, 3.63) is 59.7 Å². The van der Waals surface area contributed by atoms with Crippen molar-refractivity contribution in [2.45, 2.75) is 30.6 Å². The van der Waals surface area contributed by atoms with Crippen molar-refractivity contribution in [3.63, 3.8) is 0 Å². The molecule has 0 radical (unpaired) electrons. The summed E-state index contributed by atoms with van der Waals surface area (Å²) in [7, 11) is -4.02. The Hall–Kier alpha value is -1.83. The third-order valence-corrected chi connectivity index (χ3v) is 5.74. The van der Waals surface area contributed by atoms with Gasteiger partial charge in [-0.25, -0.2) is 4.39 Å². The van der Waals surface area contributed by atoms with Crippen LogP contribution in [-0.4, -0.2) is 31.0 Å². The van der Waals surface area contributed by atoms with Crippen molar-refractivity contribution in [2.24, 2.45) is 5.41 Å². The van der Waals surface area contributed by atoms with Crippen LogP contribution in [0.15, 0.2) is 47.6 Å². The van der Waals surface area contributed by atoms with Gasteiger partial charge in [-0.1, -0.05) is 17.7 Å². The van der Waals surface area contributed by atoms with Gasteiger partial charge < -0.3 is 5.32 Å². The minimum absolute atomic E-state index is 0.0666.